The third-order valence-electron chi connectivity index (χ3n) is 4.92. The monoisotopic (exact) mass is 451 g/mol. The molecule has 2 aromatic carbocycles. The van der Waals surface area contributed by atoms with E-state index >= 15 is 0 Å². The number of hydrogen-bond acceptors (Lipinski definition) is 5. The molecule has 0 bridgehead atoms. The van der Waals surface area contributed by atoms with Gasteiger partial charge >= 0.3 is 11.9 Å². The Hall–Kier alpha value is -3.45. The van der Waals surface area contributed by atoms with Gasteiger partial charge in [-0.15, -0.1) is 11.3 Å². The van der Waals surface area contributed by atoms with Crippen molar-refractivity contribution in [1.29, 1.82) is 0 Å². The summed E-state index contributed by atoms with van der Waals surface area (Å²) in [6, 6.07) is 20.8. The number of carboxylic acid groups (broad SMARTS) is 1. The predicted octanol–water partition coefficient (Wildman–Crippen LogP) is 4.80. The molecule has 3 rings (SSSR count). The van der Waals surface area contributed by atoms with Gasteiger partial charge in [0.2, 0.25) is 0 Å². The Morgan fingerprint density at radius 2 is 1.59 bits per heavy atom. The number of benzene rings is 2. The van der Waals surface area contributed by atoms with E-state index in [4.69, 9.17) is 9.84 Å². The lowest BCUT2D eigenvalue weighted by Crippen LogP contribution is -2.36. The van der Waals surface area contributed by atoms with E-state index in [-0.39, 0.29) is 29.2 Å². The van der Waals surface area contributed by atoms with E-state index in [1.807, 2.05) is 54.6 Å². The molecule has 1 atom stereocenters. The molecule has 32 heavy (non-hydrogen) atoms. The Balaban J connectivity index is 1.70. The number of rotatable bonds is 10. The molecule has 1 heterocycles. The van der Waals surface area contributed by atoms with Crippen LogP contribution in [0.15, 0.2) is 66.7 Å². The van der Waals surface area contributed by atoms with Gasteiger partial charge in [0.25, 0.3) is 5.91 Å². The van der Waals surface area contributed by atoms with Gasteiger partial charge in [-0.2, -0.15) is 0 Å². The molecule has 0 aliphatic rings. The maximum Gasteiger partial charge on any atom is 0.345 e. The molecule has 6 nitrogen and oxygen atoms in total. The topological polar surface area (TPSA) is 92.7 Å². The van der Waals surface area contributed by atoms with Crippen molar-refractivity contribution in [3.63, 3.8) is 0 Å². The van der Waals surface area contributed by atoms with Crippen molar-refractivity contribution in [2.75, 3.05) is 6.61 Å². The van der Waals surface area contributed by atoms with E-state index in [0.29, 0.717) is 24.3 Å². The van der Waals surface area contributed by atoms with Crippen molar-refractivity contribution in [1.82, 2.24) is 5.32 Å². The maximum atomic E-state index is 12.7. The molecule has 0 aliphatic heterocycles. The zero-order valence-corrected chi connectivity index (χ0v) is 18.6. The van der Waals surface area contributed by atoms with Crippen molar-refractivity contribution in [2.45, 2.75) is 32.2 Å². The molecule has 1 amide bonds. The van der Waals surface area contributed by atoms with Crippen LogP contribution < -0.4 is 5.32 Å². The van der Waals surface area contributed by atoms with Crippen molar-refractivity contribution >= 4 is 29.2 Å². The first-order valence-corrected chi connectivity index (χ1v) is 11.2. The molecule has 0 spiro atoms. The molecule has 0 radical (unpaired) electrons. The average Bonchev–Trinajstić information content (AvgIpc) is 3.30. The highest BCUT2D eigenvalue weighted by Gasteiger charge is 2.19. The van der Waals surface area contributed by atoms with Crippen LogP contribution >= 0.6 is 11.3 Å². The molecule has 1 unspecified atom stereocenters. The van der Waals surface area contributed by atoms with Gasteiger partial charge < -0.3 is 15.2 Å². The first kappa shape index (κ1) is 23.2. The van der Waals surface area contributed by atoms with Crippen LogP contribution in [0.1, 0.15) is 44.7 Å². The first-order valence-electron chi connectivity index (χ1n) is 10.4. The molecule has 3 aromatic rings. The number of hydrogen-bond donors (Lipinski definition) is 2. The highest BCUT2D eigenvalue weighted by Crippen LogP contribution is 2.21. The van der Waals surface area contributed by atoms with E-state index in [1.54, 1.807) is 6.92 Å². The summed E-state index contributed by atoms with van der Waals surface area (Å²) < 4.78 is 5.01. The van der Waals surface area contributed by atoms with E-state index in [9.17, 15) is 14.4 Å². The molecule has 0 fully saturated rings. The first-order chi connectivity index (χ1) is 15.5. The minimum atomic E-state index is -1.06. The summed E-state index contributed by atoms with van der Waals surface area (Å²) in [5.74, 6) is -1.72. The van der Waals surface area contributed by atoms with Gasteiger partial charge in [0.1, 0.15) is 4.88 Å². The lowest BCUT2D eigenvalue weighted by atomic mass is 9.98. The van der Waals surface area contributed by atoms with Gasteiger partial charge in [-0.05, 0) is 48.6 Å². The van der Waals surface area contributed by atoms with Gasteiger partial charge in [-0.1, -0.05) is 54.6 Å². The summed E-state index contributed by atoms with van der Waals surface area (Å²) in [5, 5.41) is 12.0. The van der Waals surface area contributed by atoms with Crippen LogP contribution in [0.5, 0.6) is 0 Å². The smallest absolute Gasteiger partial charge is 0.345 e. The second-order valence-corrected chi connectivity index (χ2v) is 8.33. The fourth-order valence-electron chi connectivity index (χ4n) is 3.33. The second kappa shape index (κ2) is 11.2. The van der Waals surface area contributed by atoms with Gasteiger partial charge in [-0.25, -0.2) is 4.79 Å². The van der Waals surface area contributed by atoms with Crippen LogP contribution in [0.2, 0.25) is 0 Å². The Labute approximate surface area is 190 Å². The minimum absolute atomic E-state index is 0.106. The minimum Gasteiger partial charge on any atom is -0.477 e. The quantitative estimate of drug-likeness (QED) is 0.432. The molecule has 1 aromatic heterocycles. The Morgan fingerprint density at radius 1 is 0.938 bits per heavy atom. The van der Waals surface area contributed by atoms with Crippen molar-refractivity contribution < 1.29 is 24.2 Å². The number of esters is 1. The van der Waals surface area contributed by atoms with E-state index in [0.717, 1.165) is 28.0 Å². The van der Waals surface area contributed by atoms with Gasteiger partial charge in [-0.3, -0.25) is 9.59 Å². The fourth-order valence-corrected chi connectivity index (χ4v) is 4.08. The maximum absolute atomic E-state index is 12.7. The van der Waals surface area contributed by atoms with Crippen molar-refractivity contribution in [3.05, 3.63) is 82.0 Å². The SMILES string of the molecule is CCOC(=O)CCC(Cc1ccc(-c2ccccc2)cc1)NC(=O)c1ccc(C(=O)O)s1. The lowest BCUT2D eigenvalue weighted by molar-refractivity contribution is -0.143. The summed E-state index contributed by atoms with van der Waals surface area (Å²) in [4.78, 5) is 36.0. The molecule has 0 aliphatic carbocycles. The van der Waals surface area contributed by atoms with Gasteiger partial charge in [0, 0.05) is 12.5 Å². The predicted molar refractivity (Wildman–Crippen MR) is 124 cm³/mol. The molecular weight excluding hydrogens is 426 g/mol. The normalized spacial score (nSPS) is 11.5. The van der Waals surface area contributed by atoms with Crippen LogP contribution in [0.25, 0.3) is 11.1 Å². The number of amides is 1. The lowest BCUT2D eigenvalue weighted by Gasteiger charge is -2.18. The number of ether oxygens (including phenoxy) is 1. The number of carboxylic acids is 1. The number of thiophene rings is 1. The number of carbonyl (C=O) groups excluding carboxylic acids is 2. The number of nitrogens with one attached hydrogen (secondary N) is 1. The summed E-state index contributed by atoms with van der Waals surface area (Å²) >= 11 is 0.926. The number of carbonyl (C=O) groups is 3. The summed E-state index contributed by atoms with van der Waals surface area (Å²) in [6.45, 7) is 2.06. The second-order valence-electron chi connectivity index (χ2n) is 7.25. The molecule has 166 valence electrons. The number of aromatic carboxylic acids is 1. The van der Waals surface area contributed by atoms with Gasteiger partial charge in [0.05, 0.1) is 11.5 Å². The molecule has 7 heteroatoms. The van der Waals surface area contributed by atoms with Crippen molar-refractivity contribution in [3.8, 4) is 11.1 Å². The summed E-state index contributed by atoms with van der Waals surface area (Å²) in [5.41, 5.74) is 3.25. The molecule has 2 N–H and O–H groups in total. The third kappa shape index (κ3) is 6.52. The zero-order chi connectivity index (χ0) is 22.9. The van der Waals surface area contributed by atoms with Crippen molar-refractivity contribution in [2.24, 2.45) is 0 Å². The highest BCUT2D eigenvalue weighted by atomic mass is 32.1. The Morgan fingerprint density at radius 3 is 2.22 bits per heavy atom. The van der Waals surface area contributed by atoms with E-state index in [2.05, 4.69) is 5.32 Å². The largest absolute Gasteiger partial charge is 0.477 e. The van der Waals surface area contributed by atoms with Crippen LogP contribution in [-0.2, 0) is 16.0 Å². The Kier molecular flexibility index (Phi) is 8.16. The summed E-state index contributed by atoms with van der Waals surface area (Å²) in [7, 11) is 0. The zero-order valence-electron chi connectivity index (χ0n) is 17.7. The van der Waals surface area contributed by atoms with Crippen LogP contribution in [0.4, 0.5) is 0 Å². The standard InChI is InChI=1S/C25H25NO5S/c1-2-31-23(27)15-12-20(26-24(28)21-13-14-22(32-21)25(29)30)16-17-8-10-19(11-9-17)18-6-4-3-5-7-18/h3-11,13-14,20H,2,12,15-16H2,1H3,(H,26,28)(H,29,30). The fraction of sp³-hybridized carbons (Fsp3) is 0.240. The third-order valence-corrected chi connectivity index (χ3v) is 5.99. The van der Waals surface area contributed by atoms with Crippen LogP contribution in [0, 0.1) is 0 Å². The molecular formula is C25H25NO5S. The molecule has 0 saturated heterocycles. The van der Waals surface area contributed by atoms with Crippen LogP contribution in [-0.4, -0.2) is 35.6 Å². The highest BCUT2D eigenvalue weighted by molar-refractivity contribution is 7.15. The summed E-state index contributed by atoms with van der Waals surface area (Å²) in [6.07, 6.45) is 1.14. The van der Waals surface area contributed by atoms with Crippen LogP contribution in [0.3, 0.4) is 0 Å². The molecule has 0 saturated carbocycles. The van der Waals surface area contributed by atoms with E-state index < -0.39 is 5.97 Å². The Bertz CT molecular complexity index is 1060. The van der Waals surface area contributed by atoms with E-state index in [1.165, 1.54) is 12.1 Å². The van der Waals surface area contributed by atoms with Gasteiger partial charge in [0.15, 0.2) is 0 Å². The average molecular weight is 452 g/mol.